The van der Waals surface area contributed by atoms with Crippen LogP contribution in [0.1, 0.15) is 11.4 Å². The molecule has 0 radical (unpaired) electrons. The third-order valence-corrected chi connectivity index (χ3v) is 4.10. The summed E-state index contributed by atoms with van der Waals surface area (Å²) in [5, 5.41) is 38.6. The van der Waals surface area contributed by atoms with Crippen LogP contribution in [0, 0.1) is 13.8 Å². The zero-order valence-electron chi connectivity index (χ0n) is 13.7. The van der Waals surface area contributed by atoms with Crippen LogP contribution in [0.3, 0.4) is 0 Å². The van der Waals surface area contributed by atoms with Gasteiger partial charge in [0.25, 0.3) is 5.95 Å². The molecule has 0 fully saturated rings. The largest absolute Gasteiger partial charge is 0.493 e. The minimum Gasteiger partial charge on any atom is -0.493 e. The van der Waals surface area contributed by atoms with Gasteiger partial charge < -0.3 is 10.1 Å². The molecule has 3 heterocycles. The minimum atomic E-state index is -0.0953. The number of nitrogens with zero attached hydrogens (tertiary/aromatic N) is 8. The van der Waals surface area contributed by atoms with Crippen molar-refractivity contribution in [2.45, 2.75) is 13.8 Å². The van der Waals surface area contributed by atoms with Crippen LogP contribution >= 0.6 is 15.9 Å². The summed E-state index contributed by atoms with van der Waals surface area (Å²) < 4.78 is 2.40. The molecule has 0 aliphatic heterocycles. The van der Waals surface area contributed by atoms with Gasteiger partial charge in [-0.2, -0.15) is 5.10 Å². The molecule has 26 heavy (non-hydrogen) atoms. The van der Waals surface area contributed by atoms with E-state index in [1.165, 1.54) is 0 Å². The standard InChI is InChI=1S/C15H12BrN9O/c1-7-5-8(2)25(24-7)15-22-20-14(21-23-15)19-18-12-10-6-9(16)3-4-11(10)17-13(12)26/h3-6,17,26H,1-2H3. The molecule has 130 valence electrons. The van der Waals surface area contributed by atoms with Crippen LogP contribution in [0.4, 0.5) is 11.6 Å². The number of azo groups is 1. The van der Waals surface area contributed by atoms with E-state index in [0.717, 1.165) is 21.4 Å². The molecule has 4 rings (SSSR count). The first kappa shape index (κ1) is 16.3. The molecule has 0 atom stereocenters. The maximum absolute atomic E-state index is 10.0. The number of benzene rings is 1. The summed E-state index contributed by atoms with van der Waals surface area (Å²) in [4.78, 5) is 2.83. The highest BCUT2D eigenvalue weighted by Crippen LogP contribution is 2.37. The maximum atomic E-state index is 10.0. The van der Waals surface area contributed by atoms with E-state index in [4.69, 9.17) is 0 Å². The van der Waals surface area contributed by atoms with Crippen molar-refractivity contribution in [1.29, 1.82) is 0 Å². The van der Waals surface area contributed by atoms with Crippen molar-refractivity contribution in [3.05, 3.63) is 40.1 Å². The Balaban J connectivity index is 1.65. The zero-order chi connectivity index (χ0) is 18.3. The molecular weight excluding hydrogens is 402 g/mol. The quantitative estimate of drug-likeness (QED) is 0.494. The first-order chi connectivity index (χ1) is 12.5. The van der Waals surface area contributed by atoms with Crippen molar-refractivity contribution in [2.75, 3.05) is 0 Å². The van der Waals surface area contributed by atoms with Crippen LogP contribution < -0.4 is 0 Å². The molecule has 11 heteroatoms. The van der Waals surface area contributed by atoms with E-state index < -0.39 is 0 Å². The van der Waals surface area contributed by atoms with Crippen LogP contribution in [-0.2, 0) is 0 Å². The van der Waals surface area contributed by atoms with E-state index in [9.17, 15) is 5.11 Å². The van der Waals surface area contributed by atoms with E-state index in [0.29, 0.717) is 5.39 Å². The monoisotopic (exact) mass is 413 g/mol. The summed E-state index contributed by atoms with van der Waals surface area (Å²) in [6.45, 7) is 3.76. The molecule has 2 N–H and O–H groups in total. The Kier molecular flexibility index (Phi) is 3.92. The molecular formula is C15H12BrN9O. The number of nitrogens with one attached hydrogen (secondary N) is 1. The molecule has 10 nitrogen and oxygen atoms in total. The van der Waals surface area contributed by atoms with E-state index in [1.54, 1.807) is 4.68 Å². The molecule has 0 unspecified atom stereocenters. The highest BCUT2D eigenvalue weighted by atomic mass is 79.9. The summed E-state index contributed by atoms with van der Waals surface area (Å²) in [5.41, 5.74) is 2.73. The van der Waals surface area contributed by atoms with Gasteiger partial charge in [-0.25, -0.2) is 4.68 Å². The van der Waals surface area contributed by atoms with E-state index in [-0.39, 0.29) is 23.5 Å². The second-order valence-electron chi connectivity index (χ2n) is 5.55. The van der Waals surface area contributed by atoms with Crippen LogP contribution in [0.2, 0.25) is 0 Å². The van der Waals surface area contributed by atoms with Crippen molar-refractivity contribution in [2.24, 2.45) is 10.2 Å². The van der Waals surface area contributed by atoms with Crippen LogP contribution in [-0.4, -0.2) is 40.3 Å². The number of aromatic nitrogens is 7. The minimum absolute atomic E-state index is 0.0287. The van der Waals surface area contributed by atoms with Crippen LogP contribution in [0.25, 0.3) is 16.9 Å². The number of aromatic amines is 1. The van der Waals surface area contributed by atoms with Crippen molar-refractivity contribution in [3.8, 4) is 11.8 Å². The van der Waals surface area contributed by atoms with E-state index in [1.807, 2.05) is 38.1 Å². The molecule has 4 aromatic rings. The van der Waals surface area contributed by atoms with Crippen LogP contribution in [0.5, 0.6) is 5.88 Å². The lowest BCUT2D eigenvalue weighted by Gasteiger charge is -1.99. The Morgan fingerprint density at radius 3 is 2.54 bits per heavy atom. The van der Waals surface area contributed by atoms with E-state index in [2.05, 4.69) is 56.6 Å². The van der Waals surface area contributed by atoms with Crippen molar-refractivity contribution in [1.82, 2.24) is 35.2 Å². The summed E-state index contributed by atoms with van der Waals surface area (Å²) >= 11 is 3.39. The number of hydrogen-bond acceptors (Lipinski definition) is 8. The van der Waals surface area contributed by atoms with Gasteiger partial charge in [0, 0.05) is 15.6 Å². The van der Waals surface area contributed by atoms with Gasteiger partial charge in [0.1, 0.15) is 0 Å². The lowest BCUT2D eigenvalue weighted by atomic mass is 10.2. The Hall–Kier alpha value is -3.21. The summed E-state index contributed by atoms with van der Waals surface area (Å²) in [6.07, 6.45) is 0. The van der Waals surface area contributed by atoms with Gasteiger partial charge in [0.15, 0.2) is 5.69 Å². The predicted octanol–water partition coefficient (Wildman–Crippen LogP) is 3.43. The van der Waals surface area contributed by atoms with Crippen molar-refractivity contribution >= 4 is 38.5 Å². The summed E-state index contributed by atoms with van der Waals surface area (Å²) in [7, 11) is 0. The Labute approximate surface area is 155 Å². The number of aryl methyl sites for hydroxylation is 2. The third-order valence-electron chi connectivity index (χ3n) is 3.61. The Morgan fingerprint density at radius 1 is 1.08 bits per heavy atom. The molecule has 0 bridgehead atoms. The number of fused-ring (bicyclic) bond motifs is 1. The molecule has 0 saturated heterocycles. The highest BCUT2D eigenvalue weighted by Gasteiger charge is 2.12. The average molecular weight is 414 g/mol. The predicted molar refractivity (Wildman–Crippen MR) is 96.1 cm³/mol. The molecule has 1 aromatic carbocycles. The molecule has 0 amide bonds. The SMILES string of the molecule is Cc1cc(C)n(-c2nnc(N=Nc3c(O)[nH]c4ccc(Br)cc34)nn2)n1. The lowest BCUT2D eigenvalue weighted by molar-refractivity contribution is 0.459. The van der Waals surface area contributed by atoms with Crippen molar-refractivity contribution < 1.29 is 5.11 Å². The fourth-order valence-electron chi connectivity index (χ4n) is 2.51. The van der Waals surface area contributed by atoms with Gasteiger partial charge in [-0.3, -0.25) is 0 Å². The topological polar surface area (TPSA) is 130 Å². The van der Waals surface area contributed by atoms with Gasteiger partial charge in [-0.1, -0.05) is 15.9 Å². The average Bonchev–Trinajstić information content (AvgIpc) is 3.11. The van der Waals surface area contributed by atoms with Gasteiger partial charge in [-0.05, 0) is 38.1 Å². The molecule has 0 aliphatic carbocycles. The van der Waals surface area contributed by atoms with Crippen molar-refractivity contribution in [3.63, 3.8) is 0 Å². The first-order valence-corrected chi connectivity index (χ1v) is 8.33. The Morgan fingerprint density at radius 2 is 1.85 bits per heavy atom. The highest BCUT2D eigenvalue weighted by molar-refractivity contribution is 9.10. The number of rotatable bonds is 3. The van der Waals surface area contributed by atoms with Gasteiger partial charge in [0.05, 0.1) is 11.2 Å². The Bertz CT molecular complexity index is 1130. The third kappa shape index (κ3) is 2.92. The fraction of sp³-hybridized carbons (Fsp3) is 0.133. The molecule has 0 saturated carbocycles. The lowest BCUT2D eigenvalue weighted by Crippen LogP contribution is -2.07. The van der Waals surface area contributed by atoms with Gasteiger partial charge >= 0.3 is 5.95 Å². The van der Waals surface area contributed by atoms with Crippen LogP contribution in [0.15, 0.2) is 39.0 Å². The number of halogens is 1. The number of hydrogen-bond donors (Lipinski definition) is 2. The molecule has 0 spiro atoms. The van der Waals surface area contributed by atoms with Gasteiger partial charge in [-0.15, -0.1) is 30.6 Å². The zero-order valence-corrected chi connectivity index (χ0v) is 15.3. The smallest absolute Gasteiger partial charge is 0.306 e. The fourth-order valence-corrected chi connectivity index (χ4v) is 2.87. The second-order valence-corrected chi connectivity index (χ2v) is 6.47. The molecule has 0 aliphatic rings. The number of aromatic hydroxyl groups is 1. The normalized spacial score (nSPS) is 11.7. The summed E-state index contributed by atoms with van der Waals surface area (Å²) in [5.74, 6) is 0.120. The van der Waals surface area contributed by atoms with Gasteiger partial charge in [0.2, 0.25) is 5.88 Å². The molecule has 3 aromatic heterocycles. The van der Waals surface area contributed by atoms with E-state index >= 15 is 0 Å². The number of H-pyrrole nitrogens is 1. The second kappa shape index (κ2) is 6.26. The summed E-state index contributed by atoms with van der Waals surface area (Å²) in [6, 6.07) is 7.40. The first-order valence-electron chi connectivity index (χ1n) is 7.54. The maximum Gasteiger partial charge on any atom is 0.306 e.